The van der Waals surface area contributed by atoms with Crippen LogP contribution in [0.1, 0.15) is 40.0 Å². The van der Waals surface area contributed by atoms with Crippen LogP contribution in [-0.4, -0.2) is 45.7 Å². The van der Waals surface area contributed by atoms with E-state index in [-0.39, 0.29) is 25.4 Å². The van der Waals surface area contributed by atoms with E-state index in [2.05, 4.69) is 5.32 Å². The number of carboxylic acids is 1. The number of aliphatic carboxylic acids is 1. The molecular weight excluding hydrogens is 301 g/mol. The van der Waals surface area contributed by atoms with Crippen LogP contribution in [0.2, 0.25) is 0 Å². The standard InChI is InChI=1S/C12H20NO7P/c1-12(2,3)20-11(17)8(4-5-10(15)16)13-9(14)6-7-21(18)19/h8H,4-7H2,1-3H3,(H2-,13,14,15,16,18,19)/p+1/t8-/m0/s1. The number of nitrogens with one attached hydrogen (secondary N) is 1. The van der Waals surface area contributed by atoms with E-state index >= 15 is 0 Å². The van der Waals surface area contributed by atoms with E-state index in [9.17, 15) is 18.9 Å². The van der Waals surface area contributed by atoms with Gasteiger partial charge in [0.05, 0.1) is 6.42 Å². The maximum atomic E-state index is 11.9. The van der Waals surface area contributed by atoms with Gasteiger partial charge in [0.2, 0.25) is 5.91 Å². The minimum absolute atomic E-state index is 0.110. The Morgan fingerprint density at radius 1 is 1.24 bits per heavy atom. The average molecular weight is 322 g/mol. The summed E-state index contributed by atoms with van der Waals surface area (Å²) in [4.78, 5) is 42.7. The molecule has 3 N–H and O–H groups in total. The van der Waals surface area contributed by atoms with E-state index in [1.54, 1.807) is 20.8 Å². The molecule has 0 saturated carbocycles. The second kappa shape index (κ2) is 8.69. The smallest absolute Gasteiger partial charge is 0.481 e. The van der Waals surface area contributed by atoms with Crippen molar-refractivity contribution in [1.82, 2.24) is 5.32 Å². The summed E-state index contributed by atoms with van der Waals surface area (Å²) in [5.41, 5.74) is -0.766. The van der Waals surface area contributed by atoms with Crippen LogP contribution in [0.25, 0.3) is 0 Å². The lowest BCUT2D eigenvalue weighted by Gasteiger charge is -2.24. The Morgan fingerprint density at radius 2 is 1.81 bits per heavy atom. The molecule has 0 saturated heterocycles. The van der Waals surface area contributed by atoms with Gasteiger partial charge in [-0.3, -0.25) is 9.59 Å². The molecule has 0 aromatic rings. The zero-order valence-corrected chi connectivity index (χ0v) is 13.2. The highest BCUT2D eigenvalue weighted by Gasteiger charge is 2.27. The summed E-state index contributed by atoms with van der Waals surface area (Å²) < 4.78 is 15.6. The van der Waals surface area contributed by atoms with Gasteiger partial charge in [0.1, 0.15) is 11.6 Å². The number of esters is 1. The Bertz CT molecular complexity index is 416. The van der Waals surface area contributed by atoms with Crippen LogP contribution in [0.4, 0.5) is 0 Å². The first-order chi connectivity index (χ1) is 9.51. The van der Waals surface area contributed by atoms with Crippen molar-refractivity contribution in [3.05, 3.63) is 0 Å². The predicted octanol–water partition coefficient (Wildman–Crippen LogP) is 0.802. The van der Waals surface area contributed by atoms with Crippen LogP contribution in [-0.2, 0) is 23.7 Å². The fourth-order valence-corrected chi connectivity index (χ4v) is 1.75. The van der Waals surface area contributed by atoms with E-state index < -0.39 is 37.5 Å². The number of ether oxygens (including phenoxy) is 1. The zero-order valence-electron chi connectivity index (χ0n) is 12.3. The van der Waals surface area contributed by atoms with Gasteiger partial charge in [0, 0.05) is 6.42 Å². The van der Waals surface area contributed by atoms with Crippen LogP contribution in [0, 0.1) is 0 Å². The van der Waals surface area contributed by atoms with Crippen LogP contribution in [0.3, 0.4) is 0 Å². The average Bonchev–Trinajstić information content (AvgIpc) is 2.29. The molecule has 0 aromatic heterocycles. The summed E-state index contributed by atoms with van der Waals surface area (Å²) in [7, 11) is -2.43. The maximum absolute atomic E-state index is 11.9. The minimum Gasteiger partial charge on any atom is -0.481 e. The van der Waals surface area contributed by atoms with Gasteiger partial charge in [-0.1, -0.05) is 0 Å². The summed E-state index contributed by atoms with van der Waals surface area (Å²) in [6.07, 6.45) is -0.862. The molecule has 21 heavy (non-hydrogen) atoms. The highest BCUT2D eigenvalue weighted by Crippen LogP contribution is 2.14. The molecule has 1 unspecified atom stereocenters. The van der Waals surface area contributed by atoms with Crippen molar-refractivity contribution < 1.29 is 33.7 Å². The first kappa shape index (κ1) is 19.5. The molecule has 0 aliphatic heterocycles. The SMILES string of the molecule is CC(C)(C)OC(=O)[C@H](CCC(=O)O)NC(=O)CC[P+](=O)O. The first-order valence-electron chi connectivity index (χ1n) is 6.39. The fraction of sp³-hybridized carbons (Fsp3) is 0.750. The largest absolute Gasteiger partial charge is 0.505 e. The monoisotopic (exact) mass is 322 g/mol. The third-order valence-corrected chi connectivity index (χ3v) is 2.81. The number of hydrogen-bond donors (Lipinski definition) is 3. The van der Waals surface area contributed by atoms with Gasteiger partial charge in [0.25, 0.3) is 0 Å². The third-order valence-electron chi connectivity index (χ3n) is 2.20. The number of carbonyl (C=O) groups excluding carboxylic acids is 2. The van der Waals surface area contributed by atoms with Gasteiger partial charge in [-0.05, 0) is 31.8 Å². The van der Waals surface area contributed by atoms with Crippen molar-refractivity contribution in [3.63, 3.8) is 0 Å². The van der Waals surface area contributed by atoms with Gasteiger partial charge < -0.3 is 15.2 Å². The molecule has 0 heterocycles. The van der Waals surface area contributed by atoms with Gasteiger partial charge in [-0.15, -0.1) is 0 Å². The molecule has 0 rings (SSSR count). The Kier molecular flexibility index (Phi) is 8.06. The van der Waals surface area contributed by atoms with E-state index in [1.165, 1.54) is 0 Å². The maximum Gasteiger partial charge on any atom is 0.505 e. The second-order valence-corrected chi connectivity index (χ2v) is 6.56. The molecule has 9 heteroatoms. The van der Waals surface area contributed by atoms with Crippen LogP contribution < -0.4 is 5.32 Å². The molecule has 0 aliphatic carbocycles. The normalized spacial score (nSPS) is 13.2. The van der Waals surface area contributed by atoms with E-state index in [0.29, 0.717) is 0 Å². The lowest BCUT2D eigenvalue weighted by Crippen LogP contribution is -2.44. The molecule has 1 amide bonds. The number of carbonyl (C=O) groups is 3. The Labute approximate surface area is 123 Å². The van der Waals surface area contributed by atoms with Crippen molar-refractivity contribution in [2.24, 2.45) is 0 Å². The Morgan fingerprint density at radius 3 is 2.24 bits per heavy atom. The summed E-state index contributed by atoms with van der Waals surface area (Å²) >= 11 is 0. The fourth-order valence-electron chi connectivity index (χ4n) is 1.35. The molecule has 0 aliphatic rings. The minimum atomic E-state index is -2.43. The number of hydrogen-bond acceptors (Lipinski definition) is 5. The van der Waals surface area contributed by atoms with E-state index in [4.69, 9.17) is 14.7 Å². The number of carboxylic acid groups (broad SMARTS) is 1. The molecule has 0 spiro atoms. The molecule has 0 fully saturated rings. The van der Waals surface area contributed by atoms with Crippen LogP contribution in [0.15, 0.2) is 0 Å². The lowest BCUT2D eigenvalue weighted by atomic mass is 10.1. The highest BCUT2D eigenvalue weighted by molar-refractivity contribution is 7.38. The zero-order chi connectivity index (χ0) is 16.6. The summed E-state index contributed by atoms with van der Waals surface area (Å²) in [5.74, 6) is -2.43. The molecule has 0 aromatic carbocycles. The van der Waals surface area contributed by atoms with Crippen molar-refractivity contribution >= 4 is 25.9 Å². The molecule has 2 atom stereocenters. The van der Waals surface area contributed by atoms with E-state index in [1.807, 2.05) is 0 Å². The third kappa shape index (κ3) is 10.9. The topological polar surface area (TPSA) is 130 Å². The summed E-state index contributed by atoms with van der Waals surface area (Å²) in [6, 6.07) is -1.09. The summed E-state index contributed by atoms with van der Waals surface area (Å²) in [5, 5.41) is 11.0. The Balaban J connectivity index is 4.65. The molecular formula is C12H21NO7P+. The van der Waals surface area contributed by atoms with Crippen molar-refractivity contribution in [2.75, 3.05) is 6.16 Å². The summed E-state index contributed by atoms with van der Waals surface area (Å²) in [6.45, 7) is 4.95. The first-order valence-corrected chi connectivity index (χ1v) is 7.78. The van der Waals surface area contributed by atoms with Crippen molar-refractivity contribution in [2.45, 2.75) is 51.7 Å². The van der Waals surface area contributed by atoms with Gasteiger partial charge in [-0.2, -0.15) is 4.89 Å². The quantitative estimate of drug-likeness (QED) is 0.445. The molecule has 8 nitrogen and oxygen atoms in total. The predicted molar refractivity (Wildman–Crippen MR) is 74.0 cm³/mol. The van der Waals surface area contributed by atoms with Crippen molar-refractivity contribution in [3.8, 4) is 0 Å². The second-order valence-electron chi connectivity index (χ2n) is 5.41. The highest BCUT2D eigenvalue weighted by atomic mass is 31.1. The number of rotatable bonds is 8. The van der Waals surface area contributed by atoms with Crippen LogP contribution in [0.5, 0.6) is 0 Å². The van der Waals surface area contributed by atoms with E-state index in [0.717, 1.165) is 0 Å². The lowest BCUT2D eigenvalue weighted by molar-refractivity contribution is -0.159. The number of amides is 1. The Hall–Kier alpha value is -1.53. The van der Waals surface area contributed by atoms with Crippen molar-refractivity contribution in [1.29, 1.82) is 0 Å². The molecule has 0 radical (unpaired) electrons. The van der Waals surface area contributed by atoms with Gasteiger partial charge in [-0.25, -0.2) is 4.79 Å². The van der Waals surface area contributed by atoms with Gasteiger partial charge in [0.15, 0.2) is 6.16 Å². The van der Waals surface area contributed by atoms with Crippen LogP contribution >= 0.6 is 8.03 Å². The van der Waals surface area contributed by atoms with Gasteiger partial charge >= 0.3 is 20.0 Å². The molecule has 120 valence electrons. The molecule has 0 bridgehead atoms.